The van der Waals surface area contributed by atoms with E-state index >= 15 is 0 Å². The monoisotopic (exact) mass is 289 g/mol. The molecule has 0 saturated heterocycles. The first kappa shape index (κ1) is 14.9. The minimum absolute atomic E-state index is 0.222. The predicted octanol–water partition coefficient (Wildman–Crippen LogP) is 1.41. The van der Waals surface area contributed by atoms with Crippen LogP contribution < -0.4 is 14.8 Å². The van der Waals surface area contributed by atoms with Gasteiger partial charge in [0.2, 0.25) is 0 Å². The number of benzene rings is 1. The molecule has 112 valence electrons. The first-order valence-electron chi connectivity index (χ1n) is 6.61. The second kappa shape index (κ2) is 6.78. The summed E-state index contributed by atoms with van der Waals surface area (Å²) < 4.78 is 12.3. The number of nitrogens with zero attached hydrogens (tertiary/aromatic N) is 2. The number of imidazole rings is 1. The van der Waals surface area contributed by atoms with Crippen LogP contribution in [0.1, 0.15) is 16.1 Å². The third kappa shape index (κ3) is 3.53. The Balaban J connectivity index is 2.03. The van der Waals surface area contributed by atoms with E-state index in [0.717, 1.165) is 5.69 Å². The molecule has 0 aliphatic carbocycles. The van der Waals surface area contributed by atoms with Gasteiger partial charge in [0.05, 0.1) is 26.2 Å². The lowest BCUT2D eigenvalue weighted by Crippen LogP contribution is -2.26. The molecule has 0 bridgehead atoms. The van der Waals surface area contributed by atoms with Crippen LogP contribution in [0, 0.1) is 0 Å². The van der Waals surface area contributed by atoms with Gasteiger partial charge < -0.3 is 19.4 Å². The highest BCUT2D eigenvalue weighted by Gasteiger charge is 2.17. The van der Waals surface area contributed by atoms with Crippen LogP contribution in [0.15, 0.2) is 30.7 Å². The van der Waals surface area contributed by atoms with Crippen molar-refractivity contribution in [1.82, 2.24) is 14.9 Å². The molecule has 2 aromatic rings. The van der Waals surface area contributed by atoms with Gasteiger partial charge in [0, 0.05) is 26.2 Å². The molecule has 1 heterocycles. The van der Waals surface area contributed by atoms with Crippen molar-refractivity contribution in [2.24, 2.45) is 7.05 Å². The molecule has 0 radical (unpaired) electrons. The topological polar surface area (TPSA) is 65.4 Å². The largest absolute Gasteiger partial charge is 0.496 e. The molecular formula is C15H19N3O3. The zero-order chi connectivity index (χ0) is 15.2. The molecule has 6 heteroatoms. The van der Waals surface area contributed by atoms with E-state index < -0.39 is 0 Å². The van der Waals surface area contributed by atoms with Gasteiger partial charge in [0.15, 0.2) is 0 Å². The number of nitrogens with one attached hydrogen (secondary N) is 1. The molecule has 0 saturated carbocycles. The van der Waals surface area contributed by atoms with Crippen LogP contribution in [0.2, 0.25) is 0 Å². The average Bonchev–Trinajstić information content (AvgIpc) is 2.91. The van der Waals surface area contributed by atoms with E-state index in [9.17, 15) is 4.79 Å². The van der Waals surface area contributed by atoms with Crippen molar-refractivity contribution in [2.45, 2.75) is 6.42 Å². The first-order chi connectivity index (χ1) is 10.2. The molecule has 21 heavy (non-hydrogen) atoms. The van der Waals surface area contributed by atoms with E-state index in [1.807, 2.05) is 17.8 Å². The highest BCUT2D eigenvalue weighted by Crippen LogP contribution is 2.27. The van der Waals surface area contributed by atoms with Crippen LogP contribution >= 0.6 is 0 Å². The zero-order valence-corrected chi connectivity index (χ0v) is 12.4. The number of amides is 1. The van der Waals surface area contributed by atoms with Crippen molar-refractivity contribution in [3.63, 3.8) is 0 Å². The number of carbonyl (C=O) groups is 1. The van der Waals surface area contributed by atoms with Crippen molar-refractivity contribution >= 4 is 5.91 Å². The van der Waals surface area contributed by atoms with E-state index in [4.69, 9.17) is 9.47 Å². The highest BCUT2D eigenvalue weighted by atomic mass is 16.5. The van der Waals surface area contributed by atoms with E-state index in [2.05, 4.69) is 10.3 Å². The van der Waals surface area contributed by atoms with Gasteiger partial charge in [-0.2, -0.15) is 0 Å². The Labute approximate surface area is 123 Å². The number of hydrogen-bond acceptors (Lipinski definition) is 4. The summed E-state index contributed by atoms with van der Waals surface area (Å²) in [5.74, 6) is 0.759. The van der Waals surface area contributed by atoms with Crippen LogP contribution in [0.5, 0.6) is 11.5 Å². The molecule has 2 rings (SSSR count). The predicted molar refractivity (Wildman–Crippen MR) is 78.8 cm³/mol. The molecular weight excluding hydrogens is 270 g/mol. The highest BCUT2D eigenvalue weighted by molar-refractivity contribution is 5.99. The lowest BCUT2D eigenvalue weighted by Gasteiger charge is -2.12. The molecule has 6 nitrogen and oxygen atoms in total. The summed E-state index contributed by atoms with van der Waals surface area (Å²) in [4.78, 5) is 16.5. The van der Waals surface area contributed by atoms with E-state index in [0.29, 0.717) is 30.0 Å². The molecule has 0 aliphatic heterocycles. The summed E-state index contributed by atoms with van der Waals surface area (Å²) >= 11 is 0. The van der Waals surface area contributed by atoms with E-state index in [1.54, 1.807) is 24.5 Å². The quantitative estimate of drug-likeness (QED) is 0.873. The Bertz CT molecular complexity index is 600. The maximum absolute atomic E-state index is 12.3. The maximum atomic E-state index is 12.3. The fraction of sp³-hybridized carbons (Fsp3) is 0.333. The summed E-state index contributed by atoms with van der Waals surface area (Å²) in [6.07, 6.45) is 4.33. The molecule has 1 aromatic carbocycles. The van der Waals surface area contributed by atoms with Gasteiger partial charge in [-0.3, -0.25) is 4.79 Å². The van der Waals surface area contributed by atoms with Gasteiger partial charge in [0.1, 0.15) is 17.1 Å². The number of hydrogen-bond donors (Lipinski definition) is 1. The molecule has 1 amide bonds. The van der Waals surface area contributed by atoms with Gasteiger partial charge in [-0.05, 0) is 12.1 Å². The number of aromatic nitrogens is 2. The van der Waals surface area contributed by atoms with Crippen molar-refractivity contribution in [2.75, 3.05) is 20.8 Å². The SMILES string of the molecule is COc1cccc(OC)c1C(=O)NCCc1cn(C)cn1. The molecule has 1 N–H and O–H groups in total. The van der Waals surface area contributed by atoms with Gasteiger partial charge in [0.25, 0.3) is 5.91 Å². The molecule has 0 fully saturated rings. The van der Waals surface area contributed by atoms with Crippen molar-refractivity contribution in [3.05, 3.63) is 42.0 Å². The van der Waals surface area contributed by atoms with Crippen LogP contribution in [0.4, 0.5) is 0 Å². The Kier molecular flexibility index (Phi) is 4.81. The van der Waals surface area contributed by atoms with Gasteiger partial charge in [-0.25, -0.2) is 4.98 Å². The lowest BCUT2D eigenvalue weighted by atomic mass is 10.1. The molecule has 0 spiro atoms. The number of rotatable bonds is 6. The summed E-state index contributed by atoms with van der Waals surface area (Å²) in [5.41, 5.74) is 1.34. The third-order valence-electron chi connectivity index (χ3n) is 3.08. The Hall–Kier alpha value is -2.50. The fourth-order valence-corrected chi connectivity index (χ4v) is 2.06. The van der Waals surface area contributed by atoms with Gasteiger partial charge in [-0.1, -0.05) is 6.07 Å². The summed E-state index contributed by atoms with van der Waals surface area (Å²) in [7, 11) is 4.97. The lowest BCUT2D eigenvalue weighted by molar-refractivity contribution is 0.0948. The number of methoxy groups -OCH3 is 2. The smallest absolute Gasteiger partial charge is 0.258 e. The first-order valence-corrected chi connectivity index (χ1v) is 6.61. The van der Waals surface area contributed by atoms with Crippen LogP contribution in [-0.4, -0.2) is 36.2 Å². The molecule has 0 aliphatic rings. The van der Waals surface area contributed by atoms with Gasteiger partial charge >= 0.3 is 0 Å². The van der Waals surface area contributed by atoms with Crippen molar-refractivity contribution in [3.8, 4) is 11.5 Å². The zero-order valence-electron chi connectivity index (χ0n) is 12.4. The number of ether oxygens (including phenoxy) is 2. The minimum Gasteiger partial charge on any atom is -0.496 e. The second-order valence-corrected chi connectivity index (χ2v) is 4.57. The fourth-order valence-electron chi connectivity index (χ4n) is 2.06. The van der Waals surface area contributed by atoms with E-state index in [-0.39, 0.29) is 5.91 Å². The molecule has 1 aromatic heterocycles. The standard InChI is InChI=1S/C15H19N3O3/c1-18-9-11(17-10-18)7-8-16-15(19)14-12(20-2)5-4-6-13(14)21-3/h4-6,9-10H,7-8H2,1-3H3,(H,16,19). The normalized spacial score (nSPS) is 10.2. The Morgan fingerprint density at radius 1 is 1.29 bits per heavy atom. The minimum atomic E-state index is -0.222. The number of aryl methyl sites for hydroxylation is 1. The summed E-state index contributed by atoms with van der Waals surface area (Å²) in [6, 6.07) is 5.24. The van der Waals surface area contributed by atoms with Crippen LogP contribution in [-0.2, 0) is 13.5 Å². The Morgan fingerprint density at radius 2 is 1.95 bits per heavy atom. The number of carbonyl (C=O) groups excluding carboxylic acids is 1. The van der Waals surface area contributed by atoms with Crippen molar-refractivity contribution < 1.29 is 14.3 Å². The maximum Gasteiger partial charge on any atom is 0.258 e. The second-order valence-electron chi connectivity index (χ2n) is 4.57. The molecule has 0 atom stereocenters. The van der Waals surface area contributed by atoms with Crippen LogP contribution in [0.25, 0.3) is 0 Å². The molecule has 0 unspecified atom stereocenters. The van der Waals surface area contributed by atoms with Crippen molar-refractivity contribution in [1.29, 1.82) is 0 Å². The van der Waals surface area contributed by atoms with Gasteiger partial charge in [-0.15, -0.1) is 0 Å². The Morgan fingerprint density at radius 3 is 2.48 bits per heavy atom. The van der Waals surface area contributed by atoms with Crippen LogP contribution in [0.3, 0.4) is 0 Å². The third-order valence-corrected chi connectivity index (χ3v) is 3.08. The average molecular weight is 289 g/mol. The summed E-state index contributed by atoms with van der Waals surface area (Å²) in [5, 5.41) is 2.86. The van der Waals surface area contributed by atoms with E-state index in [1.165, 1.54) is 14.2 Å². The summed E-state index contributed by atoms with van der Waals surface area (Å²) in [6.45, 7) is 0.497.